The van der Waals surface area contributed by atoms with Crippen LogP contribution >= 0.6 is 0 Å². The fourth-order valence-electron chi connectivity index (χ4n) is 1.09. The van der Waals surface area contributed by atoms with Gasteiger partial charge in [0.2, 0.25) is 0 Å². The van der Waals surface area contributed by atoms with Crippen molar-refractivity contribution in [3.8, 4) is 0 Å². The van der Waals surface area contributed by atoms with Gasteiger partial charge in [-0.05, 0) is 24.1 Å². The van der Waals surface area contributed by atoms with Gasteiger partial charge in [-0.15, -0.1) is 0 Å². The van der Waals surface area contributed by atoms with E-state index in [1.807, 2.05) is 25.1 Å². The van der Waals surface area contributed by atoms with Crippen molar-refractivity contribution in [1.29, 1.82) is 0 Å². The molecule has 1 atom stereocenters. The second-order valence-electron chi connectivity index (χ2n) is 2.86. The summed E-state index contributed by atoms with van der Waals surface area (Å²) in [6.45, 7) is 1.95. The fourth-order valence-corrected chi connectivity index (χ4v) is 1.63. The number of aliphatic hydroxyl groups is 1. The van der Waals surface area contributed by atoms with Gasteiger partial charge in [-0.25, -0.2) is 4.21 Å². The van der Waals surface area contributed by atoms with Crippen LogP contribution in [0.5, 0.6) is 0 Å². The molecule has 3 nitrogen and oxygen atoms in total. The summed E-state index contributed by atoms with van der Waals surface area (Å²) < 4.78 is 13.7. The van der Waals surface area contributed by atoms with E-state index in [1.165, 1.54) is 0 Å². The van der Waals surface area contributed by atoms with E-state index in [9.17, 15) is 4.21 Å². The molecule has 4 heteroatoms. The lowest BCUT2D eigenvalue weighted by atomic mass is 10.1. The first kappa shape index (κ1) is 10.2. The molecule has 0 amide bonds. The number of nitrogens with one attached hydrogen (secondary N) is 1. The largest absolute Gasteiger partial charge is 0.392 e. The number of aryl methyl sites for hydroxylation is 1. The summed E-state index contributed by atoms with van der Waals surface area (Å²) in [5.41, 5.74) is 2.70. The molecule has 0 bridgehead atoms. The van der Waals surface area contributed by atoms with E-state index in [-0.39, 0.29) is 6.61 Å². The van der Waals surface area contributed by atoms with Crippen LogP contribution < -0.4 is 4.72 Å². The fraction of sp³-hybridized carbons (Fsp3) is 0.333. The Morgan fingerprint density at radius 2 is 2.23 bits per heavy atom. The first-order chi connectivity index (χ1) is 6.13. The minimum atomic E-state index is -1.05. The predicted molar refractivity (Wildman–Crippen MR) is 54.8 cm³/mol. The molecule has 2 N–H and O–H groups in total. The number of benzene rings is 1. The molecule has 0 heterocycles. The molecular weight excluding hydrogens is 186 g/mol. The minimum Gasteiger partial charge on any atom is -0.392 e. The van der Waals surface area contributed by atoms with Gasteiger partial charge in [-0.1, -0.05) is 12.1 Å². The highest BCUT2D eigenvalue weighted by Gasteiger charge is 1.99. The summed E-state index contributed by atoms with van der Waals surface area (Å²) in [6.07, 6.45) is 1.58. The topological polar surface area (TPSA) is 49.3 Å². The van der Waals surface area contributed by atoms with E-state index < -0.39 is 11.0 Å². The van der Waals surface area contributed by atoms with Gasteiger partial charge in [0.1, 0.15) is 11.0 Å². The lowest BCUT2D eigenvalue weighted by molar-refractivity contribution is 0.282. The summed E-state index contributed by atoms with van der Waals surface area (Å²) in [7, 11) is -1.05. The molecular formula is C9H13NO2S. The van der Waals surface area contributed by atoms with E-state index in [0.717, 1.165) is 16.8 Å². The number of aliphatic hydroxyl groups excluding tert-OH is 1. The van der Waals surface area contributed by atoms with Crippen molar-refractivity contribution in [2.45, 2.75) is 13.5 Å². The monoisotopic (exact) mass is 199 g/mol. The van der Waals surface area contributed by atoms with Crippen molar-refractivity contribution in [3.05, 3.63) is 29.3 Å². The molecule has 0 aliphatic heterocycles. The third-order valence-corrected chi connectivity index (χ3v) is 2.23. The van der Waals surface area contributed by atoms with Gasteiger partial charge < -0.3 is 9.83 Å². The Morgan fingerprint density at radius 3 is 2.69 bits per heavy atom. The van der Waals surface area contributed by atoms with E-state index in [0.29, 0.717) is 0 Å². The van der Waals surface area contributed by atoms with Crippen molar-refractivity contribution < 1.29 is 9.32 Å². The Balaban J connectivity index is 2.91. The van der Waals surface area contributed by atoms with Crippen LogP contribution in [0, 0.1) is 6.92 Å². The molecule has 1 aromatic rings. The summed E-state index contributed by atoms with van der Waals surface area (Å²) >= 11 is 0. The Hall–Kier alpha value is -0.870. The number of rotatable bonds is 3. The van der Waals surface area contributed by atoms with Crippen LogP contribution in [0.1, 0.15) is 11.1 Å². The zero-order valence-corrected chi connectivity index (χ0v) is 8.52. The molecule has 0 saturated heterocycles. The Bertz CT molecular complexity index is 325. The van der Waals surface area contributed by atoms with Crippen LogP contribution in [0.25, 0.3) is 0 Å². The maximum absolute atomic E-state index is 10.9. The first-order valence-electron chi connectivity index (χ1n) is 3.94. The quantitative estimate of drug-likeness (QED) is 0.768. The van der Waals surface area contributed by atoms with Crippen LogP contribution in [-0.2, 0) is 17.6 Å². The van der Waals surface area contributed by atoms with Gasteiger partial charge in [0.25, 0.3) is 0 Å². The third-order valence-electron chi connectivity index (χ3n) is 1.73. The van der Waals surface area contributed by atoms with Crippen molar-refractivity contribution in [1.82, 2.24) is 0 Å². The normalized spacial score (nSPS) is 12.5. The van der Waals surface area contributed by atoms with Gasteiger partial charge in [0, 0.05) is 11.9 Å². The molecule has 1 unspecified atom stereocenters. The van der Waals surface area contributed by atoms with Crippen molar-refractivity contribution in [2.75, 3.05) is 11.0 Å². The van der Waals surface area contributed by atoms with Gasteiger partial charge >= 0.3 is 0 Å². The summed E-state index contributed by atoms with van der Waals surface area (Å²) in [4.78, 5) is 0. The number of anilines is 1. The molecule has 0 fully saturated rings. The average Bonchev–Trinajstić information content (AvgIpc) is 2.08. The average molecular weight is 199 g/mol. The van der Waals surface area contributed by atoms with Crippen molar-refractivity contribution in [3.63, 3.8) is 0 Å². The molecule has 0 radical (unpaired) electrons. The third kappa shape index (κ3) is 2.82. The van der Waals surface area contributed by atoms with Crippen LogP contribution in [0.3, 0.4) is 0 Å². The molecule has 0 aliphatic carbocycles. The van der Waals surface area contributed by atoms with Gasteiger partial charge in [-0.2, -0.15) is 0 Å². The molecule has 0 saturated carbocycles. The zero-order valence-electron chi connectivity index (χ0n) is 7.70. The number of hydrogen-bond donors (Lipinski definition) is 2. The van der Waals surface area contributed by atoms with Gasteiger partial charge in [0.15, 0.2) is 0 Å². The smallest absolute Gasteiger partial charge is 0.113 e. The van der Waals surface area contributed by atoms with Crippen LogP contribution in [0.2, 0.25) is 0 Å². The molecule has 0 spiro atoms. The summed E-state index contributed by atoms with van der Waals surface area (Å²) in [5.74, 6) is 0. The lowest BCUT2D eigenvalue weighted by Crippen LogP contribution is -2.03. The Kier molecular flexibility index (Phi) is 3.45. The summed E-state index contributed by atoms with van der Waals surface area (Å²) in [5, 5.41) is 8.85. The van der Waals surface area contributed by atoms with Crippen molar-refractivity contribution in [2.24, 2.45) is 0 Å². The standard InChI is InChI=1S/C9H13NO2S/c1-7-5-8(6-11)3-4-9(7)10-13(2)12/h3-5,10-11H,6H2,1-2H3. The Labute approximate surface area is 80.4 Å². The second kappa shape index (κ2) is 4.39. The van der Waals surface area contributed by atoms with E-state index in [1.54, 1.807) is 6.26 Å². The van der Waals surface area contributed by atoms with E-state index in [2.05, 4.69) is 4.72 Å². The molecule has 13 heavy (non-hydrogen) atoms. The molecule has 0 aromatic heterocycles. The first-order valence-corrected chi connectivity index (χ1v) is 5.49. The van der Waals surface area contributed by atoms with Crippen LogP contribution in [0.4, 0.5) is 5.69 Å². The molecule has 72 valence electrons. The number of hydrogen-bond acceptors (Lipinski definition) is 2. The highest BCUT2D eigenvalue weighted by molar-refractivity contribution is 7.85. The van der Waals surface area contributed by atoms with Crippen LogP contribution in [-0.4, -0.2) is 15.6 Å². The van der Waals surface area contributed by atoms with E-state index in [4.69, 9.17) is 5.11 Å². The van der Waals surface area contributed by atoms with E-state index >= 15 is 0 Å². The van der Waals surface area contributed by atoms with Gasteiger partial charge in [0.05, 0.1) is 6.61 Å². The predicted octanol–water partition coefficient (Wildman–Crippen LogP) is 1.19. The van der Waals surface area contributed by atoms with Crippen LogP contribution in [0.15, 0.2) is 18.2 Å². The lowest BCUT2D eigenvalue weighted by Gasteiger charge is -2.07. The summed E-state index contributed by atoms with van der Waals surface area (Å²) in [6, 6.07) is 5.50. The maximum Gasteiger partial charge on any atom is 0.113 e. The second-order valence-corrected chi connectivity index (χ2v) is 3.98. The molecule has 0 aliphatic rings. The highest BCUT2D eigenvalue weighted by atomic mass is 32.2. The van der Waals surface area contributed by atoms with Gasteiger partial charge in [-0.3, -0.25) is 0 Å². The SMILES string of the molecule is Cc1cc(CO)ccc1NS(C)=O. The zero-order chi connectivity index (χ0) is 9.84. The Morgan fingerprint density at radius 1 is 1.54 bits per heavy atom. The highest BCUT2D eigenvalue weighted by Crippen LogP contribution is 2.16. The van der Waals surface area contributed by atoms with Crippen molar-refractivity contribution >= 4 is 16.7 Å². The molecule has 1 rings (SSSR count). The molecule has 1 aromatic carbocycles. The maximum atomic E-state index is 10.9. The minimum absolute atomic E-state index is 0.0380.